The first-order valence-electron chi connectivity index (χ1n) is 4.93. The van der Waals surface area contributed by atoms with E-state index in [1.807, 2.05) is 0 Å². The smallest absolute Gasteiger partial charge is 0.328 e. The van der Waals surface area contributed by atoms with Gasteiger partial charge in [0, 0.05) is 16.9 Å². The molecule has 6 nitrogen and oxygen atoms in total. The highest BCUT2D eigenvalue weighted by Crippen LogP contribution is 2.13. The first kappa shape index (κ1) is 12.8. The minimum Gasteiger partial charge on any atom is -0.445 e. The van der Waals surface area contributed by atoms with E-state index < -0.39 is 15.2 Å². The van der Waals surface area contributed by atoms with Crippen molar-refractivity contribution in [3.05, 3.63) is 46.9 Å². The third kappa shape index (κ3) is 3.19. The fourth-order valence-electron chi connectivity index (χ4n) is 1.28. The molecular formula is C10H10N2O4S2. The summed E-state index contributed by atoms with van der Waals surface area (Å²) in [4.78, 5) is 0. The predicted octanol–water partition coefficient (Wildman–Crippen LogP) is 1.80. The van der Waals surface area contributed by atoms with Gasteiger partial charge >= 0.3 is 10.1 Å². The lowest BCUT2D eigenvalue weighted by molar-refractivity contribution is 0.386. The average Bonchev–Trinajstić information content (AvgIpc) is 2.77. The van der Waals surface area contributed by atoms with E-state index in [-0.39, 0.29) is 6.54 Å². The van der Waals surface area contributed by atoms with Gasteiger partial charge in [0.25, 0.3) is 0 Å². The van der Waals surface area contributed by atoms with Crippen LogP contribution in [0.25, 0.3) is 0 Å². The van der Waals surface area contributed by atoms with Gasteiger partial charge in [-0.25, -0.2) is 0 Å². The Morgan fingerprint density at radius 3 is 2.50 bits per heavy atom. The van der Waals surface area contributed by atoms with E-state index in [0.29, 0.717) is 5.76 Å². The summed E-state index contributed by atoms with van der Waals surface area (Å²) in [6.07, 6.45) is 3.46. The normalized spacial score (nSPS) is 11.4. The number of rotatable bonds is 4. The van der Waals surface area contributed by atoms with Crippen LogP contribution in [-0.4, -0.2) is 17.6 Å². The van der Waals surface area contributed by atoms with Crippen molar-refractivity contribution in [3.63, 3.8) is 0 Å². The lowest BCUT2D eigenvalue weighted by atomic mass is 10.4. The molecule has 0 radical (unpaired) electrons. The summed E-state index contributed by atoms with van der Waals surface area (Å²) < 4.78 is 37.7. The minimum absolute atomic E-state index is 0.275. The molecule has 0 spiro atoms. The highest BCUT2D eigenvalue weighted by molar-refractivity contribution is 7.85. The van der Waals surface area contributed by atoms with E-state index in [9.17, 15) is 8.42 Å². The van der Waals surface area contributed by atoms with Gasteiger partial charge in [0.2, 0.25) is 5.09 Å². The van der Waals surface area contributed by atoms with Crippen molar-refractivity contribution in [1.82, 2.24) is 4.68 Å². The molecular weight excluding hydrogens is 276 g/mol. The van der Waals surface area contributed by atoms with Gasteiger partial charge in [-0.3, -0.25) is 9.23 Å². The van der Waals surface area contributed by atoms with Gasteiger partial charge < -0.3 is 9.84 Å². The molecule has 0 saturated carbocycles. The zero-order chi connectivity index (χ0) is 13.2. The van der Waals surface area contributed by atoms with Crippen LogP contribution in [0.15, 0.2) is 46.2 Å². The van der Waals surface area contributed by atoms with Gasteiger partial charge in [-0.15, -0.1) is 0 Å². The molecule has 2 aromatic heterocycles. The van der Waals surface area contributed by atoms with Gasteiger partial charge in [-0.05, 0) is 24.3 Å². The molecule has 0 fully saturated rings. The number of nitrogens with one attached hydrogen (secondary N) is 1. The van der Waals surface area contributed by atoms with Crippen LogP contribution in [0.3, 0.4) is 0 Å². The maximum Gasteiger partial charge on any atom is 0.328 e. The summed E-state index contributed by atoms with van der Waals surface area (Å²) >= 11 is 4.94. The molecule has 0 aliphatic rings. The highest BCUT2D eigenvalue weighted by atomic mass is 32.2. The van der Waals surface area contributed by atoms with Gasteiger partial charge in [0.1, 0.15) is 5.76 Å². The van der Waals surface area contributed by atoms with Gasteiger partial charge in [0.05, 0.1) is 6.54 Å². The average molecular weight is 286 g/mol. The van der Waals surface area contributed by atoms with Gasteiger partial charge in [0.15, 0.2) is 0 Å². The molecule has 0 bridgehead atoms. The predicted molar refractivity (Wildman–Crippen MR) is 66.9 cm³/mol. The first-order valence-corrected chi connectivity index (χ1v) is 6.78. The van der Waals surface area contributed by atoms with Gasteiger partial charge in [-0.2, -0.15) is 8.42 Å². The van der Waals surface area contributed by atoms with Crippen LogP contribution in [0.4, 0.5) is 0 Å². The second kappa shape index (κ2) is 4.92. The van der Waals surface area contributed by atoms with Crippen LogP contribution in [-0.2, 0) is 16.7 Å². The maximum atomic E-state index is 10.8. The highest BCUT2D eigenvalue weighted by Gasteiger charge is 2.14. The molecule has 8 heteroatoms. The van der Waals surface area contributed by atoms with Crippen LogP contribution >= 0.6 is 12.2 Å². The zero-order valence-electron chi connectivity index (χ0n) is 9.11. The molecule has 0 atom stereocenters. The van der Waals surface area contributed by atoms with Crippen molar-refractivity contribution in [1.29, 1.82) is 0 Å². The van der Waals surface area contributed by atoms with Crippen LogP contribution < -0.4 is 5.43 Å². The van der Waals surface area contributed by atoms with Gasteiger partial charge in [-0.1, -0.05) is 12.2 Å². The second-order valence-electron chi connectivity index (χ2n) is 3.47. The molecule has 2 N–H and O–H groups in total. The van der Waals surface area contributed by atoms with Crippen LogP contribution in [0, 0.1) is 4.51 Å². The lowest BCUT2D eigenvalue weighted by Crippen LogP contribution is -2.13. The first-order chi connectivity index (χ1) is 8.45. The van der Waals surface area contributed by atoms with E-state index in [4.69, 9.17) is 21.2 Å². The fraction of sp³-hybridized carbons (Fsp3) is 0.100. The Balaban J connectivity index is 2.05. The quantitative estimate of drug-likeness (QED) is 0.658. The number of pyridine rings is 1. The largest absolute Gasteiger partial charge is 0.445 e. The summed E-state index contributed by atoms with van der Waals surface area (Å²) in [5.74, 6) is 0.387. The molecule has 0 unspecified atom stereocenters. The lowest BCUT2D eigenvalue weighted by Gasteiger charge is -2.07. The Bertz CT molecular complexity index is 682. The van der Waals surface area contributed by atoms with E-state index >= 15 is 0 Å². The van der Waals surface area contributed by atoms with Crippen molar-refractivity contribution < 1.29 is 17.4 Å². The monoisotopic (exact) mass is 286 g/mol. The fourth-order valence-corrected chi connectivity index (χ4v) is 1.85. The maximum absolute atomic E-state index is 10.8. The topological polar surface area (TPSA) is 84.5 Å². The molecule has 2 aromatic rings. The van der Waals surface area contributed by atoms with E-state index in [1.165, 1.54) is 12.1 Å². The van der Waals surface area contributed by atoms with Crippen molar-refractivity contribution >= 4 is 22.3 Å². The summed E-state index contributed by atoms with van der Waals surface area (Å²) in [5.41, 5.74) is 2.95. The molecule has 0 amide bonds. The number of hydrogen-bond donors (Lipinski definition) is 2. The Morgan fingerprint density at radius 2 is 1.94 bits per heavy atom. The SMILES string of the molecule is O=S(=O)(O)c1ccc(CNn2ccc(=S)cc2)o1. The molecule has 0 aliphatic carbocycles. The van der Waals surface area contributed by atoms with Crippen molar-refractivity contribution in [2.45, 2.75) is 11.6 Å². The minimum atomic E-state index is -4.29. The Labute approximate surface area is 109 Å². The molecule has 0 saturated heterocycles. The molecule has 0 aromatic carbocycles. The third-order valence-electron chi connectivity index (χ3n) is 2.13. The Kier molecular flexibility index (Phi) is 3.50. The summed E-state index contributed by atoms with van der Waals surface area (Å²) in [6, 6.07) is 6.16. The molecule has 96 valence electrons. The van der Waals surface area contributed by atoms with Crippen molar-refractivity contribution in [2.75, 3.05) is 5.43 Å². The van der Waals surface area contributed by atoms with Crippen molar-refractivity contribution in [2.24, 2.45) is 0 Å². The molecule has 2 heterocycles. The Hall–Kier alpha value is -1.64. The van der Waals surface area contributed by atoms with E-state index in [1.54, 1.807) is 29.2 Å². The zero-order valence-corrected chi connectivity index (χ0v) is 10.7. The third-order valence-corrected chi connectivity index (χ3v) is 3.13. The second-order valence-corrected chi connectivity index (χ2v) is 5.30. The van der Waals surface area contributed by atoms with E-state index in [2.05, 4.69) is 5.43 Å². The standard InChI is InChI=1S/C10H10N2O4S2/c13-18(14,15)10-2-1-8(16-10)7-11-12-5-3-9(17)4-6-12/h1-6,11H,7H2,(H,13,14,15). The number of furan rings is 1. The van der Waals surface area contributed by atoms with Crippen LogP contribution in [0.5, 0.6) is 0 Å². The number of nitrogens with zero attached hydrogens (tertiary/aromatic N) is 1. The number of hydrogen-bond acceptors (Lipinski definition) is 5. The van der Waals surface area contributed by atoms with Crippen LogP contribution in [0.2, 0.25) is 0 Å². The summed E-state index contributed by atoms with van der Waals surface area (Å²) in [5, 5.41) is -0.467. The molecule has 2 rings (SSSR count). The summed E-state index contributed by atoms with van der Waals surface area (Å²) in [6.45, 7) is 0.275. The van der Waals surface area contributed by atoms with E-state index in [0.717, 1.165) is 4.51 Å². The Morgan fingerprint density at radius 1 is 1.28 bits per heavy atom. The molecule has 0 aliphatic heterocycles. The number of aromatic nitrogens is 1. The van der Waals surface area contributed by atoms with Crippen molar-refractivity contribution in [3.8, 4) is 0 Å². The van der Waals surface area contributed by atoms with Crippen LogP contribution in [0.1, 0.15) is 5.76 Å². The summed E-state index contributed by atoms with van der Waals surface area (Å²) in [7, 11) is -4.29. The molecule has 18 heavy (non-hydrogen) atoms.